The van der Waals surface area contributed by atoms with Gasteiger partial charge in [0.2, 0.25) is 6.79 Å². The second kappa shape index (κ2) is 5.26. The Labute approximate surface area is 124 Å². The molecule has 1 aliphatic rings. The Morgan fingerprint density at radius 2 is 1.86 bits per heavy atom. The Bertz CT molecular complexity index is 615. The summed E-state index contributed by atoms with van der Waals surface area (Å²) in [5.41, 5.74) is -0.151. The molecule has 0 bridgehead atoms. The highest BCUT2D eigenvalue weighted by Gasteiger charge is 2.28. The first-order chi connectivity index (χ1) is 9.58. The van der Waals surface area contributed by atoms with Gasteiger partial charge in [-0.1, -0.05) is 0 Å². The molecule has 1 aliphatic heterocycles. The number of carbonyl (C=O) groups excluding carboxylic acids is 1. The minimum atomic E-state index is -2.50. The zero-order chi connectivity index (χ0) is 15.8. The van der Waals surface area contributed by atoms with Gasteiger partial charge in [-0.25, -0.2) is 4.79 Å². The molecular weight excluding hydrogens is 293 g/mol. The lowest BCUT2D eigenvalue weighted by Crippen LogP contribution is -2.27. The highest BCUT2D eigenvalue weighted by molar-refractivity contribution is 7.70. The van der Waals surface area contributed by atoms with E-state index in [-0.39, 0.29) is 6.79 Å². The van der Waals surface area contributed by atoms with Gasteiger partial charge in [0.15, 0.2) is 11.5 Å². The van der Waals surface area contributed by atoms with E-state index in [0.717, 1.165) is 0 Å². The fourth-order valence-corrected chi connectivity index (χ4v) is 3.01. The lowest BCUT2D eigenvalue weighted by Gasteiger charge is -2.20. The van der Waals surface area contributed by atoms with Gasteiger partial charge in [-0.3, -0.25) is 5.32 Å². The normalized spacial score (nSPS) is 14.0. The van der Waals surface area contributed by atoms with Crippen molar-refractivity contribution in [1.29, 1.82) is 0 Å². The smallest absolute Gasteiger partial charge is 0.412 e. The monoisotopic (exact) mass is 313 g/mol. The number of ether oxygens (including phenoxy) is 3. The van der Waals surface area contributed by atoms with Crippen LogP contribution in [0.1, 0.15) is 20.8 Å². The van der Waals surface area contributed by atoms with Crippen LogP contribution in [0.25, 0.3) is 0 Å². The molecule has 0 fully saturated rings. The van der Waals surface area contributed by atoms with Crippen LogP contribution in [0.5, 0.6) is 11.5 Å². The van der Waals surface area contributed by atoms with Crippen LogP contribution in [0.2, 0.25) is 0 Å². The van der Waals surface area contributed by atoms with Crippen LogP contribution < -0.4 is 20.1 Å². The van der Waals surface area contributed by atoms with Crippen molar-refractivity contribution in [2.45, 2.75) is 26.4 Å². The van der Waals surface area contributed by atoms with Crippen molar-refractivity contribution >= 4 is 24.2 Å². The van der Waals surface area contributed by atoms with E-state index in [1.807, 2.05) is 0 Å². The Balaban J connectivity index is 2.30. The average Bonchev–Trinajstić information content (AvgIpc) is 2.73. The predicted octanol–water partition coefficient (Wildman–Crippen LogP) is 3.01. The molecule has 1 aromatic carbocycles. The van der Waals surface area contributed by atoms with Gasteiger partial charge in [-0.15, -0.1) is 0 Å². The predicted molar refractivity (Wildman–Crippen MR) is 81.5 cm³/mol. The quantitative estimate of drug-likeness (QED) is 0.850. The molecule has 1 aromatic rings. The zero-order valence-electron chi connectivity index (χ0n) is 12.9. The van der Waals surface area contributed by atoms with Crippen molar-refractivity contribution in [2.24, 2.45) is 0 Å². The van der Waals surface area contributed by atoms with Crippen LogP contribution in [0.3, 0.4) is 0 Å². The third-order valence-electron chi connectivity index (χ3n) is 2.71. The van der Waals surface area contributed by atoms with E-state index in [1.165, 1.54) is 0 Å². The number of carbonyl (C=O) groups is 1. The number of hydrogen-bond donors (Lipinski definition) is 1. The molecular formula is C14H20NO5P. The molecule has 0 aromatic heterocycles. The van der Waals surface area contributed by atoms with Gasteiger partial charge in [0.25, 0.3) is 0 Å². The van der Waals surface area contributed by atoms with E-state index < -0.39 is 18.8 Å². The maximum Gasteiger partial charge on any atom is 0.412 e. The second-order valence-corrected chi connectivity index (χ2v) is 9.36. The van der Waals surface area contributed by atoms with E-state index in [9.17, 15) is 9.36 Å². The topological polar surface area (TPSA) is 73.9 Å². The van der Waals surface area contributed by atoms with Crippen LogP contribution in [0.15, 0.2) is 12.1 Å². The third kappa shape index (κ3) is 3.70. The number of nitrogens with one attached hydrogen (secondary N) is 1. The van der Waals surface area contributed by atoms with Crippen molar-refractivity contribution < 1.29 is 23.6 Å². The molecule has 1 amide bonds. The van der Waals surface area contributed by atoms with Gasteiger partial charge in [0.05, 0.1) is 11.0 Å². The Kier molecular flexibility index (Phi) is 3.93. The molecule has 7 heteroatoms. The summed E-state index contributed by atoms with van der Waals surface area (Å²) in [5, 5.41) is 3.22. The summed E-state index contributed by atoms with van der Waals surface area (Å²) in [7, 11) is -2.50. The van der Waals surface area contributed by atoms with E-state index in [0.29, 0.717) is 22.5 Å². The number of rotatable bonds is 2. The van der Waals surface area contributed by atoms with Crippen LogP contribution in [-0.2, 0) is 9.30 Å². The fraction of sp³-hybridized carbons (Fsp3) is 0.500. The summed E-state index contributed by atoms with van der Waals surface area (Å²) in [4.78, 5) is 11.8. The highest BCUT2D eigenvalue weighted by atomic mass is 31.2. The lowest BCUT2D eigenvalue weighted by atomic mass is 10.2. The molecule has 0 saturated heterocycles. The largest absolute Gasteiger partial charge is 0.453 e. The average molecular weight is 313 g/mol. The Hall–Kier alpha value is -1.68. The molecule has 0 aliphatic carbocycles. The third-order valence-corrected chi connectivity index (χ3v) is 4.23. The summed E-state index contributed by atoms with van der Waals surface area (Å²) in [6, 6.07) is 3.33. The van der Waals surface area contributed by atoms with Crippen molar-refractivity contribution in [2.75, 3.05) is 25.4 Å². The van der Waals surface area contributed by atoms with Gasteiger partial charge >= 0.3 is 6.09 Å². The van der Waals surface area contributed by atoms with Crippen LogP contribution in [-0.4, -0.2) is 31.8 Å². The maximum absolute atomic E-state index is 12.2. The minimum Gasteiger partial charge on any atom is -0.453 e. The van der Waals surface area contributed by atoms with E-state index in [2.05, 4.69) is 5.32 Å². The molecule has 1 heterocycles. The van der Waals surface area contributed by atoms with Crippen molar-refractivity contribution in [3.8, 4) is 11.5 Å². The number of amides is 1. The first kappa shape index (κ1) is 15.7. The molecule has 0 spiro atoms. The second-order valence-electron chi connectivity index (χ2n) is 6.17. The van der Waals surface area contributed by atoms with Crippen LogP contribution in [0, 0.1) is 0 Å². The van der Waals surface area contributed by atoms with Gasteiger partial charge in [-0.2, -0.15) is 0 Å². The number of benzene rings is 1. The van der Waals surface area contributed by atoms with Gasteiger partial charge < -0.3 is 18.8 Å². The van der Waals surface area contributed by atoms with E-state index in [4.69, 9.17) is 14.2 Å². The van der Waals surface area contributed by atoms with E-state index >= 15 is 0 Å². The summed E-state index contributed by atoms with van der Waals surface area (Å²) < 4.78 is 28.2. The highest BCUT2D eigenvalue weighted by Crippen LogP contribution is 2.47. The molecule has 1 N–H and O–H groups in total. The first-order valence-electron chi connectivity index (χ1n) is 6.56. The SMILES string of the molecule is CC(C)(C)OC(=O)Nc1ccc(P(C)(C)=O)c2c1OCO2. The molecule has 2 rings (SSSR count). The van der Waals surface area contributed by atoms with Gasteiger partial charge in [0, 0.05) is 0 Å². The number of anilines is 1. The summed E-state index contributed by atoms with van der Waals surface area (Å²) in [6.45, 7) is 8.70. The summed E-state index contributed by atoms with van der Waals surface area (Å²) in [6.07, 6.45) is -0.580. The standard InChI is InChI=1S/C14H20NO5P/c1-14(2,3)20-13(16)15-9-6-7-10(21(4,5)17)12-11(9)18-8-19-12/h6-7H,8H2,1-5H3,(H,15,16). The summed E-state index contributed by atoms with van der Waals surface area (Å²) >= 11 is 0. The molecule has 0 saturated carbocycles. The van der Waals surface area contributed by atoms with E-state index in [1.54, 1.807) is 46.2 Å². The van der Waals surface area contributed by atoms with Gasteiger partial charge in [-0.05, 0) is 46.2 Å². The molecule has 21 heavy (non-hydrogen) atoms. The number of fused-ring (bicyclic) bond motifs is 1. The Morgan fingerprint density at radius 3 is 2.43 bits per heavy atom. The van der Waals surface area contributed by atoms with Crippen molar-refractivity contribution in [1.82, 2.24) is 0 Å². The van der Waals surface area contributed by atoms with Gasteiger partial charge in [0.1, 0.15) is 12.7 Å². The maximum atomic E-state index is 12.2. The van der Waals surface area contributed by atoms with Crippen LogP contribution in [0.4, 0.5) is 10.5 Å². The molecule has 0 unspecified atom stereocenters. The minimum absolute atomic E-state index is 0.0370. The number of hydrogen-bond acceptors (Lipinski definition) is 5. The molecule has 0 atom stereocenters. The Morgan fingerprint density at radius 1 is 1.24 bits per heavy atom. The van der Waals surface area contributed by atoms with Crippen molar-refractivity contribution in [3.63, 3.8) is 0 Å². The zero-order valence-corrected chi connectivity index (χ0v) is 13.7. The van der Waals surface area contributed by atoms with Crippen LogP contribution >= 0.6 is 7.14 Å². The summed E-state index contributed by atoms with van der Waals surface area (Å²) in [5.74, 6) is 0.819. The fourth-order valence-electron chi connectivity index (χ4n) is 1.92. The lowest BCUT2D eigenvalue weighted by molar-refractivity contribution is 0.0635. The molecule has 116 valence electrons. The first-order valence-corrected chi connectivity index (χ1v) is 9.16. The van der Waals surface area contributed by atoms with Crippen molar-refractivity contribution in [3.05, 3.63) is 12.1 Å². The molecule has 0 radical (unpaired) electrons. The molecule has 6 nitrogen and oxygen atoms in total.